The van der Waals surface area contributed by atoms with Crippen molar-refractivity contribution in [2.24, 2.45) is 4.99 Å². The third-order valence-electron chi connectivity index (χ3n) is 3.54. The zero-order valence-corrected chi connectivity index (χ0v) is 12.8. The minimum atomic E-state index is -0.771. The van der Waals surface area contributed by atoms with Gasteiger partial charge in [-0.1, -0.05) is 6.07 Å². The molecule has 0 saturated heterocycles. The fourth-order valence-electron chi connectivity index (χ4n) is 2.35. The van der Waals surface area contributed by atoms with Gasteiger partial charge in [0.15, 0.2) is 12.1 Å². The lowest BCUT2D eigenvalue weighted by Crippen LogP contribution is -2.25. The van der Waals surface area contributed by atoms with Gasteiger partial charge in [0.2, 0.25) is 5.90 Å². The van der Waals surface area contributed by atoms with Gasteiger partial charge >= 0.3 is 5.97 Å². The van der Waals surface area contributed by atoms with E-state index in [-0.39, 0.29) is 0 Å². The van der Waals surface area contributed by atoms with Crippen molar-refractivity contribution in [2.45, 2.75) is 12.1 Å². The number of nitrogens with zero attached hydrogens (tertiary/aromatic N) is 2. The van der Waals surface area contributed by atoms with Crippen molar-refractivity contribution in [1.29, 1.82) is 0 Å². The monoisotopic (exact) mass is 312 g/mol. The van der Waals surface area contributed by atoms with E-state index in [1.165, 1.54) is 7.11 Å². The first kappa shape index (κ1) is 15.0. The van der Waals surface area contributed by atoms with Gasteiger partial charge in [0.25, 0.3) is 0 Å². The number of carbonyl (C=O) groups is 1. The number of pyridine rings is 1. The van der Waals surface area contributed by atoms with Crippen molar-refractivity contribution < 1.29 is 19.0 Å². The summed E-state index contributed by atoms with van der Waals surface area (Å²) < 4.78 is 15.9. The van der Waals surface area contributed by atoms with Gasteiger partial charge in [0, 0.05) is 11.8 Å². The van der Waals surface area contributed by atoms with Crippen LogP contribution < -0.4 is 4.74 Å². The maximum Gasteiger partial charge on any atom is 0.335 e. The Morgan fingerprint density at radius 2 is 1.91 bits per heavy atom. The van der Waals surface area contributed by atoms with Crippen LogP contribution in [0.1, 0.15) is 17.4 Å². The second kappa shape index (κ2) is 6.48. The van der Waals surface area contributed by atoms with Crippen molar-refractivity contribution in [3.05, 3.63) is 59.9 Å². The zero-order chi connectivity index (χ0) is 16.2. The summed E-state index contributed by atoms with van der Waals surface area (Å²) in [6, 6.07) is 11.9. The summed E-state index contributed by atoms with van der Waals surface area (Å²) in [4.78, 5) is 20.7. The number of aliphatic imine (C=N–C) groups is 1. The van der Waals surface area contributed by atoms with E-state index in [9.17, 15) is 4.79 Å². The first-order valence-corrected chi connectivity index (χ1v) is 7.10. The zero-order valence-electron chi connectivity index (χ0n) is 12.8. The van der Waals surface area contributed by atoms with E-state index >= 15 is 0 Å². The van der Waals surface area contributed by atoms with Crippen molar-refractivity contribution in [2.75, 3.05) is 14.2 Å². The van der Waals surface area contributed by atoms with Gasteiger partial charge in [-0.3, -0.25) is 4.98 Å². The summed E-state index contributed by atoms with van der Waals surface area (Å²) in [5.41, 5.74) is 1.40. The van der Waals surface area contributed by atoms with E-state index in [1.807, 2.05) is 30.3 Å². The summed E-state index contributed by atoms with van der Waals surface area (Å²) in [7, 11) is 2.93. The number of ether oxygens (including phenoxy) is 3. The van der Waals surface area contributed by atoms with E-state index in [4.69, 9.17) is 14.2 Å². The first-order chi connectivity index (χ1) is 11.2. The predicted molar refractivity (Wildman–Crippen MR) is 83.4 cm³/mol. The van der Waals surface area contributed by atoms with Gasteiger partial charge < -0.3 is 14.2 Å². The highest BCUT2D eigenvalue weighted by Crippen LogP contribution is 2.31. The molecule has 0 unspecified atom stereocenters. The van der Waals surface area contributed by atoms with Crippen LogP contribution in [0.25, 0.3) is 0 Å². The van der Waals surface area contributed by atoms with Crippen LogP contribution in [0.15, 0.2) is 53.7 Å². The maximum atomic E-state index is 12.0. The molecule has 6 nitrogen and oxygen atoms in total. The molecule has 0 spiro atoms. The number of carbonyl (C=O) groups excluding carboxylic acids is 1. The van der Waals surface area contributed by atoms with Crippen LogP contribution in [0.2, 0.25) is 0 Å². The van der Waals surface area contributed by atoms with Crippen LogP contribution in [-0.2, 0) is 14.3 Å². The normalized spacial score (nSPS) is 19.7. The smallest absolute Gasteiger partial charge is 0.335 e. The number of hydrogen-bond donors (Lipinski definition) is 0. The molecule has 1 aliphatic rings. The highest BCUT2D eigenvalue weighted by atomic mass is 16.5. The molecule has 0 fully saturated rings. The Morgan fingerprint density at radius 3 is 2.52 bits per heavy atom. The average Bonchev–Trinajstić information content (AvgIpc) is 3.07. The summed E-state index contributed by atoms with van der Waals surface area (Å²) >= 11 is 0. The summed E-state index contributed by atoms with van der Waals surface area (Å²) in [5.74, 6) is 0.668. The standard InChI is InChI=1S/C17H16N2O4/c1-21-12-8-6-11(7-9-12)16-19-14(17(20)22-2)15(23-16)13-5-3-4-10-18-13/h3-10,14-15H,1-2H3/t14-,15-/m1/s1. The lowest BCUT2D eigenvalue weighted by Gasteiger charge is -2.15. The van der Waals surface area contributed by atoms with Crippen LogP contribution in [0, 0.1) is 0 Å². The van der Waals surface area contributed by atoms with Crippen LogP contribution in [0.4, 0.5) is 0 Å². The molecule has 0 aliphatic carbocycles. The fraction of sp³-hybridized carbons (Fsp3) is 0.235. The van der Waals surface area contributed by atoms with Crippen LogP contribution in [0.3, 0.4) is 0 Å². The van der Waals surface area contributed by atoms with Gasteiger partial charge in [-0.05, 0) is 36.4 Å². The minimum Gasteiger partial charge on any atom is -0.497 e. The molecular weight excluding hydrogens is 296 g/mol. The lowest BCUT2D eigenvalue weighted by atomic mass is 10.1. The maximum absolute atomic E-state index is 12.0. The molecule has 2 atom stereocenters. The quantitative estimate of drug-likeness (QED) is 0.809. The van der Waals surface area contributed by atoms with Gasteiger partial charge in [0.1, 0.15) is 5.75 Å². The molecule has 2 aromatic rings. The Morgan fingerprint density at radius 1 is 1.13 bits per heavy atom. The molecule has 1 aromatic carbocycles. The molecule has 23 heavy (non-hydrogen) atoms. The van der Waals surface area contributed by atoms with E-state index in [1.54, 1.807) is 25.4 Å². The predicted octanol–water partition coefficient (Wildman–Crippen LogP) is 2.15. The summed E-state index contributed by atoms with van der Waals surface area (Å²) in [5, 5.41) is 0. The highest BCUT2D eigenvalue weighted by molar-refractivity contribution is 5.98. The van der Waals surface area contributed by atoms with Crippen molar-refractivity contribution in [1.82, 2.24) is 4.98 Å². The van der Waals surface area contributed by atoms with Crippen LogP contribution >= 0.6 is 0 Å². The van der Waals surface area contributed by atoms with E-state index in [2.05, 4.69) is 9.98 Å². The number of esters is 1. The number of methoxy groups -OCH3 is 2. The molecule has 0 amide bonds. The van der Waals surface area contributed by atoms with Crippen molar-refractivity contribution >= 4 is 11.9 Å². The van der Waals surface area contributed by atoms with Crippen molar-refractivity contribution in [3.8, 4) is 5.75 Å². The fourth-order valence-corrected chi connectivity index (χ4v) is 2.35. The lowest BCUT2D eigenvalue weighted by molar-refractivity contribution is -0.143. The van der Waals surface area contributed by atoms with Gasteiger partial charge in [-0.15, -0.1) is 0 Å². The minimum absolute atomic E-state index is 0.388. The molecule has 1 aliphatic heterocycles. The second-order valence-corrected chi connectivity index (χ2v) is 4.92. The van der Waals surface area contributed by atoms with Crippen molar-refractivity contribution in [3.63, 3.8) is 0 Å². The molecule has 6 heteroatoms. The molecule has 3 rings (SSSR count). The first-order valence-electron chi connectivity index (χ1n) is 7.10. The van der Waals surface area contributed by atoms with Gasteiger partial charge in [0.05, 0.1) is 19.9 Å². The second-order valence-electron chi connectivity index (χ2n) is 4.92. The SMILES string of the molecule is COC(=O)[C@@H]1N=C(c2ccc(OC)cc2)O[C@@H]1c1ccccn1. The topological polar surface area (TPSA) is 70.0 Å². The Bertz CT molecular complexity index is 713. The molecule has 0 N–H and O–H groups in total. The Hall–Kier alpha value is -2.89. The van der Waals surface area contributed by atoms with Gasteiger partial charge in [-0.2, -0.15) is 0 Å². The number of aromatic nitrogens is 1. The summed E-state index contributed by atoms with van der Waals surface area (Å²) in [6.45, 7) is 0. The molecule has 118 valence electrons. The van der Waals surface area contributed by atoms with Crippen LogP contribution in [-0.4, -0.2) is 37.1 Å². The largest absolute Gasteiger partial charge is 0.497 e. The highest BCUT2D eigenvalue weighted by Gasteiger charge is 2.39. The third-order valence-corrected chi connectivity index (χ3v) is 3.54. The van der Waals surface area contributed by atoms with E-state index in [0.29, 0.717) is 11.6 Å². The van der Waals surface area contributed by atoms with E-state index < -0.39 is 18.1 Å². The Balaban J connectivity index is 1.91. The Labute approximate surface area is 133 Å². The average molecular weight is 312 g/mol. The molecule has 2 heterocycles. The Kier molecular flexibility index (Phi) is 4.23. The number of hydrogen-bond acceptors (Lipinski definition) is 6. The van der Waals surface area contributed by atoms with E-state index in [0.717, 1.165) is 11.3 Å². The number of rotatable bonds is 4. The summed E-state index contributed by atoms with van der Waals surface area (Å²) in [6.07, 6.45) is 1.05. The van der Waals surface area contributed by atoms with Crippen LogP contribution in [0.5, 0.6) is 5.75 Å². The third kappa shape index (κ3) is 3.01. The van der Waals surface area contributed by atoms with Gasteiger partial charge in [-0.25, -0.2) is 9.79 Å². The molecular formula is C17H16N2O4. The molecule has 0 saturated carbocycles. The number of benzene rings is 1. The molecule has 0 radical (unpaired) electrons. The molecule has 1 aromatic heterocycles. The molecule has 0 bridgehead atoms.